The number of aliphatic hydroxyl groups is 1. The molecular formula is C14H29NO. The third-order valence-electron chi connectivity index (χ3n) is 4.05. The van der Waals surface area contributed by atoms with Gasteiger partial charge in [0.25, 0.3) is 0 Å². The zero-order chi connectivity index (χ0) is 11.9. The van der Waals surface area contributed by atoms with Gasteiger partial charge in [-0.2, -0.15) is 0 Å². The lowest BCUT2D eigenvalue weighted by Gasteiger charge is -2.32. The zero-order valence-electron chi connectivity index (χ0n) is 11.1. The summed E-state index contributed by atoms with van der Waals surface area (Å²) in [6.07, 6.45) is 10.1. The molecule has 1 aliphatic rings. The molecule has 2 nitrogen and oxygen atoms in total. The average Bonchev–Trinajstić information content (AvgIpc) is 2.51. The summed E-state index contributed by atoms with van der Waals surface area (Å²) < 4.78 is 0. The predicted octanol–water partition coefficient (Wildman–Crippen LogP) is 3.10. The van der Waals surface area contributed by atoms with Gasteiger partial charge in [-0.3, -0.25) is 0 Å². The summed E-state index contributed by atoms with van der Waals surface area (Å²) in [7, 11) is 0. The maximum absolute atomic E-state index is 9.65. The third kappa shape index (κ3) is 4.06. The second-order valence-corrected chi connectivity index (χ2v) is 5.45. The van der Waals surface area contributed by atoms with Gasteiger partial charge in [0.05, 0.1) is 6.61 Å². The Morgan fingerprint density at radius 1 is 1.19 bits per heavy atom. The molecule has 2 N–H and O–H groups in total. The van der Waals surface area contributed by atoms with Crippen LogP contribution in [0.15, 0.2) is 0 Å². The summed E-state index contributed by atoms with van der Waals surface area (Å²) in [5.74, 6) is 0.904. The van der Waals surface area contributed by atoms with Crippen LogP contribution in [0.25, 0.3) is 0 Å². The minimum atomic E-state index is 0.0402. The molecular weight excluding hydrogens is 198 g/mol. The Labute approximate surface area is 101 Å². The topological polar surface area (TPSA) is 32.3 Å². The first-order chi connectivity index (χ1) is 7.76. The van der Waals surface area contributed by atoms with Gasteiger partial charge in [0.1, 0.15) is 0 Å². The van der Waals surface area contributed by atoms with Gasteiger partial charge in [0.15, 0.2) is 0 Å². The van der Waals surface area contributed by atoms with Gasteiger partial charge in [0, 0.05) is 5.54 Å². The van der Waals surface area contributed by atoms with E-state index in [4.69, 9.17) is 0 Å². The Bertz CT molecular complexity index is 184. The quantitative estimate of drug-likeness (QED) is 0.683. The maximum Gasteiger partial charge on any atom is 0.0613 e. The van der Waals surface area contributed by atoms with E-state index < -0.39 is 0 Å². The molecule has 0 radical (unpaired) electrons. The Balaban J connectivity index is 2.46. The van der Waals surface area contributed by atoms with E-state index in [0.29, 0.717) is 6.61 Å². The predicted molar refractivity (Wildman–Crippen MR) is 69.6 cm³/mol. The van der Waals surface area contributed by atoms with Gasteiger partial charge in [0.2, 0.25) is 0 Å². The van der Waals surface area contributed by atoms with E-state index in [1.807, 2.05) is 0 Å². The molecule has 1 saturated carbocycles. The molecule has 1 aliphatic carbocycles. The molecule has 0 aliphatic heterocycles. The molecule has 16 heavy (non-hydrogen) atoms. The van der Waals surface area contributed by atoms with E-state index >= 15 is 0 Å². The van der Waals surface area contributed by atoms with Crippen molar-refractivity contribution in [3.05, 3.63) is 0 Å². The van der Waals surface area contributed by atoms with Crippen molar-refractivity contribution in [2.75, 3.05) is 13.2 Å². The molecule has 2 atom stereocenters. The van der Waals surface area contributed by atoms with Crippen LogP contribution in [0, 0.1) is 5.92 Å². The van der Waals surface area contributed by atoms with Crippen LogP contribution in [0.1, 0.15) is 65.2 Å². The number of rotatable bonds is 6. The molecule has 1 rings (SSSR count). The summed E-state index contributed by atoms with van der Waals surface area (Å²) in [6.45, 7) is 5.82. The normalized spacial score (nSPS) is 31.3. The van der Waals surface area contributed by atoms with E-state index in [1.54, 1.807) is 0 Å². The first-order valence-electron chi connectivity index (χ1n) is 7.12. The summed E-state index contributed by atoms with van der Waals surface area (Å²) in [6, 6.07) is 0. The summed E-state index contributed by atoms with van der Waals surface area (Å²) in [5, 5.41) is 13.2. The lowest BCUT2D eigenvalue weighted by atomic mass is 9.89. The van der Waals surface area contributed by atoms with Gasteiger partial charge in [-0.15, -0.1) is 0 Å². The molecule has 96 valence electrons. The standard InChI is InChI=1S/C14H29NO/c1-3-6-13-7-5-9-14(12-16,10-8-13)15-11-4-2/h13,15-16H,3-12H2,1-2H3. The number of aliphatic hydroxyl groups excluding tert-OH is 1. The second kappa shape index (κ2) is 7.29. The van der Waals surface area contributed by atoms with Crippen molar-refractivity contribution in [1.82, 2.24) is 5.32 Å². The van der Waals surface area contributed by atoms with E-state index in [0.717, 1.165) is 31.7 Å². The second-order valence-electron chi connectivity index (χ2n) is 5.45. The van der Waals surface area contributed by atoms with Crippen LogP contribution in [0.5, 0.6) is 0 Å². The van der Waals surface area contributed by atoms with E-state index in [2.05, 4.69) is 19.2 Å². The van der Waals surface area contributed by atoms with Crippen molar-refractivity contribution in [1.29, 1.82) is 0 Å². The van der Waals surface area contributed by atoms with Crippen LogP contribution in [0.4, 0.5) is 0 Å². The molecule has 0 spiro atoms. The SMILES string of the molecule is CCCNC1(CO)CCCC(CCC)CC1. The fourth-order valence-electron chi connectivity index (χ4n) is 2.96. The smallest absolute Gasteiger partial charge is 0.0613 e. The summed E-state index contributed by atoms with van der Waals surface area (Å²) >= 11 is 0. The van der Waals surface area contributed by atoms with E-state index in [-0.39, 0.29) is 5.54 Å². The van der Waals surface area contributed by atoms with Crippen LogP contribution in [0.2, 0.25) is 0 Å². The van der Waals surface area contributed by atoms with Crippen molar-refractivity contribution >= 4 is 0 Å². The van der Waals surface area contributed by atoms with Crippen LogP contribution >= 0.6 is 0 Å². The fraction of sp³-hybridized carbons (Fsp3) is 1.00. The van der Waals surface area contributed by atoms with Crippen LogP contribution in [0.3, 0.4) is 0 Å². The molecule has 0 aromatic heterocycles. The number of nitrogens with one attached hydrogen (secondary N) is 1. The molecule has 0 heterocycles. The molecule has 1 fully saturated rings. The minimum Gasteiger partial charge on any atom is -0.394 e. The highest BCUT2D eigenvalue weighted by Crippen LogP contribution is 2.32. The van der Waals surface area contributed by atoms with Crippen molar-refractivity contribution in [2.45, 2.75) is 70.8 Å². The average molecular weight is 227 g/mol. The molecule has 0 aromatic carbocycles. The molecule has 0 saturated heterocycles. The monoisotopic (exact) mass is 227 g/mol. The molecule has 0 aromatic rings. The van der Waals surface area contributed by atoms with Crippen molar-refractivity contribution < 1.29 is 5.11 Å². The van der Waals surface area contributed by atoms with Crippen LogP contribution < -0.4 is 5.32 Å². The van der Waals surface area contributed by atoms with Crippen LogP contribution in [-0.2, 0) is 0 Å². The lowest BCUT2D eigenvalue weighted by molar-refractivity contribution is 0.143. The highest BCUT2D eigenvalue weighted by atomic mass is 16.3. The van der Waals surface area contributed by atoms with E-state index in [9.17, 15) is 5.11 Å². The lowest BCUT2D eigenvalue weighted by Crippen LogP contribution is -2.48. The summed E-state index contributed by atoms with van der Waals surface area (Å²) in [5.41, 5.74) is 0.0402. The van der Waals surface area contributed by atoms with Crippen molar-refractivity contribution in [3.8, 4) is 0 Å². The number of hydrogen-bond acceptors (Lipinski definition) is 2. The Morgan fingerprint density at radius 3 is 2.62 bits per heavy atom. The third-order valence-corrected chi connectivity index (χ3v) is 4.05. The maximum atomic E-state index is 9.65. The minimum absolute atomic E-state index is 0.0402. The van der Waals surface area contributed by atoms with Gasteiger partial charge < -0.3 is 10.4 Å². The summed E-state index contributed by atoms with van der Waals surface area (Å²) in [4.78, 5) is 0. The molecule has 2 unspecified atom stereocenters. The highest BCUT2D eigenvalue weighted by Gasteiger charge is 2.31. The van der Waals surface area contributed by atoms with Gasteiger partial charge in [-0.1, -0.05) is 39.5 Å². The highest BCUT2D eigenvalue weighted by molar-refractivity contribution is 4.90. The van der Waals surface area contributed by atoms with Crippen molar-refractivity contribution in [3.63, 3.8) is 0 Å². The van der Waals surface area contributed by atoms with Gasteiger partial charge in [-0.05, 0) is 38.1 Å². The number of hydrogen-bond donors (Lipinski definition) is 2. The van der Waals surface area contributed by atoms with Crippen LogP contribution in [-0.4, -0.2) is 23.8 Å². The zero-order valence-corrected chi connectivity index (χ0v) is 11.1. The Kier molecular flexibility index (Phi) is 6.37. The molecule has 0 bridgehead atoms. The Morgan fingerprint density at radius 2 is 2.00 bits per heavy atom. The fourth-order valence-corrected chi connectivity index (χ4v) is 2.96. The first kappa shape index (κ1) is 14.0. The molecule has 0 amide bonds. The first-order valence-corrected chi connectivity index (χ1v) is 7.12. The Hall–Kier alpha value is -0.0800. The molecule has 2 heteroatoms. The van der Waals surface area contributed by atoms with E-state index in [1.165, 1.54) is 32.1 Å². The van der Waals surface area contributed by atoms with Crippen molar-refractivity contribution in [2.24, 2.45) is 5.92 Å². The van der Waals surface area contributed by atoms with Gasteiger partial charge >= 0.3 is 0 Å². The van der Waals surface area contributed by atoms with Gasteiger partial charge in [-0.25, -0.2) is 0 Å². The largest absolute Gasteiger partial charge is 0.394 e.